The molecule has 0 radical (unpaired) electrons. The molecule has 0 aliphatic rings. The van der Waals surface area contributed by atoms with Gasteiger partial charge in [-0.3, -0.25) is 4.79 Å². The number of benzene rings is 2. The molecular weight excluding hydrogens is 577 g/mol. The Morgan fingerprint density at radius 3 is 1.95 bits per heavy atom. The van der Waals surface area contributed by atoms with E-state index in [1.807, 2.05) is 54.6 Å². The van der Waals surface area contributed by atoms with Gasteiger partial charge in [0.05, 0.1) is 20.5 Å². The smallest absolute Gasteiger partial charge is 0.220 e. The Morgan fingerprint density at radius 2 is 1.36 bits per heavy atom. The predicted octanol–water partition coefficient (Wildman–Crippen LogP) is 7.93. The minimum absolute atomic E-state index is 0. The van der Waals surface area contributed by atoms with Gasteiger partial charge in [0.25, 0.3) is 0 Å². The molecule has 0 unspecified atom stereocenters. The van der Waals surface area contributed by atoms with E-state index in [4.69, 9.17) is 4.74 Å². The minimum Gasteiger partial charge on any atom is -0.790 e. The number of carbonyl (C=O) groups excluding carboxylic acids is 1. The van der Waals surface area contributed by atoms with Gasteiger partial charge in [0, 0.05) is 6.42 Å². The number of amides is 1. The normalized spacial score (nSPS) is 11.9. The molecule has 9 N–H and O–H groups in total. The SMILES string of the molecule is CCCCCCCC/C=C\CCCCCCCC(=O)N[C@H](COP(=O)([O-])[O-])Cc1ccc(OCc2ccccc2)cc1.[NH4+].[NH4+]. The van der Waals surface area contributed by atoms with Crippen LogP contribution in [0.5, 0.6) is 5.75 Å². The van der Waals surface area contributed by atoms with Crippen molar-refractivity contribution in [3.63, 3.8) is 0 Å². The van der Waals surface area contributed by atoms with Crippen LogP contribution in [0.25, 0.3) is 0 Å². The molecule has 1 amide bonds. The van der Waals surface area contributed by atoms with Gasteiger partial charge in [-0.25, -0.2) is 0 Å². The molecule has 9 nitrogen and oxygen atoms in total. The number of quaternary nitrogens is 2. The van der Waals surface area contributed by atoms with Crippen LogP contribution in [0, 0.1) is 0 Å². The van der Waals surface area contributed by atoms with Crippen molar-refractivity contribution in [3.05, 3.63) is 77.9 Å². The maximum absolute atomic E-state index is 12.6. The Kier molecular flexibility index (Phi) is 24.3. The molecule has 0 spiro atoms. The zero-order valence-corrected chi connectivity index (χ0v) is 28.2. The van der Waals surface area contributed by atoms with Gasteiger partial charge < -0.3 is 41.2 Å². The van der Waals surface area contributed by atoms with Crippen LogP contribution >= 0.6 is 7.82 Å². The molecule has 2 rings (SSSR count). The second-order valence-corrected chi connectivity index (χ2v) is 12.1. The van der Waals surface area contributed by atoms with Crippen molar-refractivity contribution < 1.29 is 28.4 Å². The highest BCUT2D eigenvalue weighted by Crippen LogP contribution is 2.25. The number of phosphoric acid groups is 1. The van der Waals surface area contributed by atoms with Crippen molar-refractivity contribution in [2.75, 3.05) is 6.61 Å². The van der Waals surface area contributed by atoms with E-state index in [0.717, 1.165) is 43.2 Å². The summed E-state index contributed by atoms with van der Waals surface area (Å²) < 4.78 is 21.4. The van der Waals surface area contributed by atoms with Gasteiger partial charge in [0.1, 0.15) is 12.4 Å². The summed E-state index contributed by atoms with van der Waals surface area (Å²) in [6, 6.07) is 16.6. The fraction of sp³-hybridized carbons (Fsp3) is 0.559. The molecule has 2 aromatic carbocycles. The van der Waals surface area contributed by atoms with E-state index in [2.05, 4.69) is 28.9 Å². The number of unbranched alkanes of at least 4 members (excludes halogenated alkanes) is 11. The number of rotatable bonds is 24. The lowest BCUT2D eigenvalue weighted by Crippen LogP contribution is -2.40. The number of hydrogen-bond acceptors (Lipinski definition) is 6. The molecular formula is C34H58N3O6P. The largest absolute Gasteiger partial charge is 0.790 e. The fourth-order valence-corrected chi connectivity index (χ4v) is 5.10. The van der Waals surface area contributed by atoms with Gasteiger partial charge in [-0.05, 0) is 61.8 Å². The Morgan fingerprint density at radius 1 is 0.795 bits per heavy atom. The third-order valence-corrected chi connectivity index (χ3v) is 7.58. The molecule has 0 aromatic heterocycles. The Balaban J connectivity index is 0.00000924. The van der Waals surface area contributed by atoms with E-state index >= 15 is 0 Å². The Hall–Kier alpha value is -2.52. The van der Waals surface area contributed by atoms with Gasteiger partial charge in [-0.1, -0.05) is 113 Å². The first-order chi connectivity index (χ1) is 20.4. The quantitative estimate of drug-likeness (QED) is 0.0597. The van der Waals surface area contributed by atoms with Crippen LogP contribution in [0.1, 0.15) is 108 Å². The molecule has 0 saturated carbocycles. The number of phosphoric ester groups is 1. The number of allylic oxidation sites excluding steroid dienone is 2. The number of nitrogens with one attached hydrogen (secondary N) is 1. The first kappa shape index (κ1) is 41.5. The fourth-order valence-electron chi connectivity index (χ4n) is 4.74. The van der Waals surface area contributed by atoms with Crippen molar-refractivity contribution in [1.82, 2.24) is 17.6 Å². The van der Waals surface area contributed by atoms with Crippen molar-refractivity contribution in [2.24, 2.45) is 0 Å². The Bertz CT molecular complexity index is 1050. The van der Waals surface area contributed by atoms with Gasteiger partial charge in [-0.2, -0.15) is 0 Å². The van der Waals surface area contributed by atoms with Crippen LogP contribution in [0.15, 0.2) is 66.7 Å². The highest BCUT2D eigenvalue weighted by Gasteiger charge is 2.14. The number of ether oxygens (including phenoxy) is 1. The summed E-state index contributed by atoms with van der Waals surface area (Å²) in [6.45, 7) is 2.30. The molecule has 250 valence electrons. The molecule has 0 aliphatic heterocycles. The van der Waals surface area contributed by atoms with E-state index < -0.39 is 20.5 Å². The zero-order chi connectivity index (χ0) is 30.3. The third-order valence-electron chi connectivity index (χ3n) is 7.12. The summed E-state index contributed by atoms with van der Waals surface area (Å²) in [5.41, 5.74) is 1.93. The maximum atomic E-state index is 12.6. The monoisotopic (exact) mass is 635 g/mol. The highest BCUT2D eigenvalue weighted by atomic mass is 31.2. The van der Waals surface area contributed by atoms with Crippen molar-refractivity contribution >= 4 is 13.7 Å². The molecule has 10 heteroatoms. The van der Waals surface area contributed by atoms with Crippen molar-refractivity contribution in [3.8, 4) is 5.75 Å². The van der Waals surface area contributed by atoms with Gasteiger partial charge in [0.2, 0.25) is 5.91 Å². The lowest BCUT2D eigenvalue weighted by atomic mass is 10.1. The van der Waals surface area contributed by atoms with Crippen LogP contribution in [0.3, 0.4) is 0 Å². The highest BCUT2D eigenvalue weighted by molar-refractivity contribution is 7.43. The second kappa shape index (κ2) is 25.8. The van der Waals surface area contributed by atoms with Crippen LogP contribution in [-0.4, -0.2) is 18.6 Å². The molecule has 0 fully saturated rings. The first-order valence-corrected chi connectivity index (χ1v) is 17.2. The lowest BCUT2D eigenvalue weighted by Gasteiger charge is -2.31. The van der Waals surface area contributed by atoms with Crippen LogP contribution in [-0.2, 0) is 26.9 Å². The molecule has 2 aromatic rings. The third kappa shape index (κ3) is 22.1. The first-order valence-electron chi connectivity index (χ1n) is 15.7. The summed E-state index contributed by atoms with van der Waals surface area (Å²) in [6.07, 6.45) is 20.7. The summed E-state index contributed by atoms with van der Waals surface area (Å²) >= 11 is 0. The molecule has 0 saturated heterocycles. The van der Waals surface area contributed by atoms with Crippen LogP contribution in [0.4, 0.5) is 0 Å². The van der Waals surface area contributed by atoms with E-state index in [1.165, 1.54) is 51.4 Å². The van der Waals surface area contributed by atoms with Crippen molar-refractivity contribution in [1.29, 1.82) is 0 Å². The maximum Gasteiger partial charge on any atom is 0.220 e. The van der Waals surface area contributed by atoms with E-state index in [-0.39, 0.29) is 18.2 Å². The summed E-state index contributed by atoms with van der Waals surface area (Å²) in [4.78, 5) is 34.7. The summed E-state index contributed by atoms with van der Waals surface area (Å²) in [7, 11) is -5.14. The van der Waals surface area contributed by atoms with Crippen LogP contribution in [0.2, 0.25) is 0 Å². The van der Waals surface area contributed by atoms with Crippen LogP contribution < -0.4 is 32.1 Å². The molecule has 0 bridgehead atoms. The molecule has 1 atom stereocenters. The lowest BCUT2D eigenvalue weighted by molar-refractivity contribution is -0.342. The van der Waals surface area contributed by atoms with Crippen molar-refractivity contribution in [2.45, 2.75) is 116 Å². The summed E-state index contributed by atoms with van der Waals surface area (Å²) in [5.74, 6) is 0.530. The average molecular weight is 636 g/mol. The van der Waals surface area contributed by atoms with E-state index in [1.54, 1.807) is 0 Å². The standard InChI is InChI=1S/C34H52NO6P.2H3N/c1-2-3-4-5-6-7-8-9-10-11-12-13-14-15-19-22-34(36)35-32(29-41-42(37,38)39)27-30-23-25-33(26-24-30)40-28-31-20-17-16-18-21-31;;/h9-10,16-18,20-21,23-26,32H,2-8,11-15,19,22,27-29H2,1H3,(H,35,36)(H2,37,38,39);2*1H3/b10-9-;;/t32-;;/m0../s1. The molecule has 44 heavy (non-hydrogen) atoms. The zero-order valence-electron chi connectivity index (χ0n) is 27.3. The van der Waals surface area contributed by atoms with Gasteiger partial charge >= 0.3 is 0 Å². The molecule has 0 heterocycles. The summed E-state index contributed by atoms with van der Waals surface area (Å²) in [5, 5.41) is 2.85. The predicted molar refractivity (Wildman–Crippen MR) is 178 cm³/mol. The van der Waals surface area contributed by atoms with E-state index in [9.17, 15) is 19.1 Å². The molecule has 0 aliphatic carbocycles. The van der Waals surface area contributed by atoms with Gasteiger partial charge in [-0.15, -0.1) is 0 Å². The van der Waals surface area contributed by atoms with Gasteiger partial charge in [0.15, 0.2) is 0 Å². The Labute approximate surface area is 265 Å². The second-order valence-electron chi connectivity index (χ2n) is 11.0. The number of hydrogen-bond donors (Lipinski definition) is 3. The topological polar surface area (TPSA) is 184 Å². The number of carbonyl (C=O) groups is 1. The van der Waals surface area contributed by atoms with E-state index in [0.29, 0.717) is 25.2 Å². The average Bonchev–Trinajstić information content (AvgIpc) is 2.97. The minimum atomic E-state index is -5.14.